The predicted octanol–water partition coefficient (Wildman–Crippen LogP) is 2.29. The van der Waals surface area contributed by atoms with Crippen molar-refractivity contribution in [3.05, 3.63) is 54.5 Å². The number of hydrogen-bond donors (Lipinski definition) is 0. The molecule has 24 heavy (non-hydrogen) atoms. The van der Waals surface area contributed by atoms with Crippen LogP contribution in [0.3, 0.4) is 0 Å². The van der Waals surface area contributed by atoms with Crippen LogP contribution in [0.2, 0.25) is 0 Å². The van der Waals surface area contributed by atoms with Gasteiger partial charge in [0.25, 0.3) is 5.91 Å². The quantitative estimate of drug-likeness (QED) is 0.736. The Labute approximate surface area is 138 Å². The Hall–Kier alpha value is -3.09. The van der Waals surface area contributed by atoms with Crippen LogP contribution in [-0.2, 0) is 0 Å². The van der Waals surface area contributed by atoms with Gasteiger partial charge in [-0.15, -0.1) is 0 Å². The molecule has 1 fully saturated rings. The molecule has 1 aliphatic heterocycles. The van der Waals surface area contributed by atoms with Crippen LogP contribution in [0.4, 0.5) is 6.01 Å². The van der Waals surface area contributed by atoms with E-state index in [4.69, 9.17) is 8.94 Å². The van der Waals surface area contributed by atoms with Crippen LogP contribution in [0.1, 0.15) is 10.6 Å². The molecule has 7 heteroatoms. The summed E-state index contributed by atoms with van der Waals surface area (Å²) < 4.78 is 10.5. The van der Waals surface area contributed by atoms with Crippen molar-refractivity contribution in [1.29, 1.82) is 0 Å². The van der Waals surface area contributed by atoms with E-state index < -0.39 is 0 Å². The van der Waals surface area contributed by atoms with E-state index in [1.54, 1.807) is 17.0 Å². The zero-order valence-electron chi connectivity index (χ0n) is 13.0. The average Bonchev–Trinajstić information content (AvgIpc) is 3.34. The third-order valence-electron chi connectivity index (χ3n) is 4.02. The van der Waals surface area contributed by atoms with E-state index in [0.29, 0.717) is 43.8 Å². The van der Waals surface area contributed by atoms with Gasteiger partial charge >= 0.3 is 6.01 Å². The van der Waals surface area contributed by atoms with Crippen molar-refractivity contribution in [1.82, 2.24) is 15.0 Å². The molecule has 122 valence electrons. The SMILES string of the molecule is O=C(c1ccco1)N1CCN(c2nc(-c3ccccc3)no2)CC1. The fourth-order valence-corrected chi connectivity index (χ4v) is 2.71. The smallest absolute Gasteiger partial charge is 0.324 e. The number of furan rings is 1. The van der Waals surface area contributed by atoms with Crippen LogP contribution < -0.4 is 4.90 Å². The van der Waals surface area contributed by atoms with E-state index in [9.17, 15) is 4.79 Å². The van der Waals surface area contributed by atoms with Crippen molar-refractivity contribution in [2.75, 3.05) is 31.1 Å². The maximum atomic E-state index is 12.3. The lowest BCUT2D eigenvalue weighted by molar-refractivity contribution is 0.0712. The molecular formula is C17H16N4O3. The van der Waals surface area contributed by atoms with E-state index in [0.717, 1.165) is 5.56 Å². The zero-order valence-corrected chi connectivity index (χ0v) is 13.0. The van der Waals surface area contributed by atoms with Crippen molar-refractivity contribution in [2.24, 2.45) is 0 Å². The Bertz CT molecular complexity index is 806. The van der Waals surface area contributed by atoms with Gasteiger partial charge in [-0.3, -0.25) is 4.79 Å². The van der Waals surface area contributed by atoms with Gasteiger partial charge in [0.15, 0.2) is 5.76 Å². The highest BCUT2D eigenvalue weighted by molar-refractivity contribution is 5.91. The minimum Gasteiger partial charge on any atom is -0.459 e. The molecule has 1 amide bonds. The van der Waals surface area contributed by atoms with Gasteiger partial charge < -0.3 is 18.7 Å². The van der Waals surface area contributed by atoms with Gasteiger partial charge in [0.05, 0.1) is 6.26 Å². The van der Waals surface area contributed by atoms with Crippen LogP contribution in [0, 0.1) is 0 Å². The first kappa shape index (κ1) is 14.5. The summed E-state index contributed by atoms with van der Waals surface area (Å²) in [6.45, 7) is 2.46. The highest BCUT2D eigenvalue weighted by Crippen LogP contribution is 2.21. The number of nitrogens with zero attached hydrogens (tertiary/aromatic N) is 4. The van der Waals surface area contributed by atoms with Crippen molar-refractivity contribution in [2.45, 2.75) is 0 Å². The molecule has 3 heterocycles. The summed E-state index contributed by atoms with van der Waals surface area (Å²) >= 11 is 0. The Morgan fingerprint density at radius 3 is 2.50 bits per heavy atom. The number of benzene rings is 1. The first-order valence-corrected chi connectivity index (χ1v) is 7.78. The maximum Gasteiger partial charge on any atom is 0.324 e. The predicted molar refractivity (Wildman–Crippen MR) is 86.6 cm³/mol. The van der Waals surface area contributed by atoms with Crippen LogP contribution in [0.5, 0.6) is 0 Å². The van der Waals surface area contributed by atoms with Gasteiger partial charge in [-0.05, 0) is 12.1 Å². The Morgan fingerprint density at radius 1 is 1.00 bits per heavy atom. The fraction of sp³-hybridized carbons (Fsp3) is 0.235. The molecule has 2 aromatic heterocycles. The summed E-state index contributed by atoms with van der Waals surface area (Å²) in [5.41, 5.74) is 0.916. The number of amides is 1. The number of carbonyl (C=O) groups excluding carboxylic acids is 1. The topological polar surface area (TPSA) is 75.6 Å². The average molecular weight is 324 g/mol. The van der Waals surface area contributed by atoms with E-state index in [2.05, 4.69) is 10.1 Å². The zero-order chi connectivity index (χ0) is 16.4. The third kappa shape index (κ3) is 2.76. The van der Waals surface area contributed by atoms with Gasteiger partial charge in [0, 0.05) is 31.7 Å². The first-order chi connectivity index (χ1) is 11.8. The number of piperazine rings is 1. The summed E-state index contributed by atoms with van der Waals surface area (Å²) in [6, 6.07) is 13.6. The lowest BCUT2D eigenvalue weighted by Crippen LogP contribution is -2.48. The monoisotopic (exact) mass is 324 g/mol. The van der Waals surface area contributed by atoms with Crippen LogP contribution >= 0.6 is 0 Å². The normalized spacial score (nSPS) is 14.8. The summed E-state index contributed by atoms with van der Waals surface area (Å²) in [7, 11) is 0. The molecule has 0 spiro atoms. The molecule has 0 radical (unpaired) electrons. The Kier molecular flexibility index (Phi) is 3.74. The number of rotatable bonds is 3. The minimum absolute atomic E-state index is 0.0878. The second kappa shape index (κ2) is 6.19. The third-order valence-corrected chi connectivity index (χ3v) is 4.02. The second-order valence-electron chi connectivity index (χ2n) is 5.52. The van der Waals surface area contributed by atoms with Crippen molar-refractivity contribution < 1.29 is 13.7 Å². The maximum absolute atomic E-state index is 12.3. The lowest BCUT2D eigenvalue weighted by Gasteiger charge is -2.32. The molecule has 7 nitrogen and oxygen atoms in total. The fourth-order valence-electron chi connectivity index (χ4n) is 2.71. The summed E-state index contributed by atoms with van der Waals surface area (Å²) in [6.07, 6.45) is 1.51. The molecule has 0 atom stereocenters. The van der Waals surface area contributed by atoms with E-state index in [1.165, 1.54) is 6.26 Å². The van der Waals surface area contributed by atoms with E-state index in [-0.39, 0.29) is 5.91 Å². The van der Waals surface area contributed by atoms with Crippen LogP contribution in [0.15, 0.2) is 57.7 Å². The number of carbonyl (C=O) groups is 1. The largest absolute Gasteiger partial charge is 0.459 e. The van der Waals surface area contributed by atoms with Gasteiger partial charge in [-0.2, -0.15) is 4.98 Å². The molecule has 1 aromatic carbocycles. The number of hydrogen-bond acceptors (Lipinski definition) is 6. The summed E-state index contributed by atoms with van der Waals surface area (Å²) in [4.78, 5) is 20.5. The molecule has 4 rings (SSSR count). The van der Waals surface area contributed by atoms with Crippen molar-refractivity contribution in [3.63, 3.8) is 0 Å². The molecule has 0 bridgehead atoms. The molecule has 0 saturated carbocycles. The highest BCUT2D eigenvalue weighted by Gasteiger charge is 2.26. The standard InChI is InChI=1S/C17H16N4O3/c22-16(14-7-4-12-23-14)20-8-10-21(11-9-20)17-18-15(19-24-17)13-5-2-1-3-6-13/h1-7,12H,8-11H2. The molecule has 3 aromatic rings. The summed E-state index contributed by atoms with van der Waals surface area (Å²) in [5.74, 6) is 0.849. The Morgan fingerprint density at radius 2 is 1.79 bits per heavy atom. The van der Waals surface area contributed by atoms with E-state index in [1.807, 2.05) is 35.2 Å². The first-order valence-electron chi connectivity index (χ1n) is 7.78. The van der Waals surface area contributed by atoms with Crippen LogP contribution in [-0.4, -0.2) is 47.1 Å². The molecule has 1 saturated heterocycles. The van der Waals surface area contributed by atoms with Gasteiger partial charge in [-0.25, -0.2) is 0 Å². The van der Waals surface area contributed by atoms with Gasteiger partial charge in [0.1, 0.15) is 0 Å². The highest BCUT2D eigenvalue weighted by atomic mass is 16.5. The van der Waals surface area contributed by atoms with Gasteiger partial charge in [-0.1, -0.05) is 35.5 Å². The molecular weight excluding hydrogens is 308 g/mol. The molecule has 0 aliphatic carbocycles. The second-order valence-corrected chi connectivity index (χ2v) is 5.52. The van der Waals surface area contributed by atoms with Gasteiger partial charge in [0.2, 0.25) is 5.82 Å². The van der Waals surface area contributed by atoms with Crippen molar-refractivity contribution >= 4 is 11.9 Å². The Balaban J connectivity index is 1.41. The van der Waals surface area contributed by atoms with Crippen LogP contribution in [0.25, 0.3) is 11.4 Å². The molecule has 1 aliphatic rings. The summed E-state index contributed by atoms with van der Waals surface area (Å²) in [5, 5.41) is 4.03. The molecule has 0 unspecified atom stereocenters. The lowest BCUT2D eigenvalue weighted by atomic mass is 10.2. The number of anilines is 1. The minimum atomic E-state index is -0.0878. The number of aromatic nitrogens is 2. The van der Waals surface area contributed by atoms with E-state index >= 15 is 0 Å². The van der Waals surface area contributed by atoms with Crippen molar-refractivity contribution in [3.8, 4) is 11.4 Å². The molecule has 0 N–H and O–H groups in total.